The number of carboxylic acids is 1. The molecular formula is C34H38N4O5. The van der Waals surface area contributed by atoms with Crippen LogP contribution in [0.4, 0.5) is 0 Å². The number of hydrogen-bond acceptors (Lipinski definition) is 6. The monoisotopic (exact) mass is 582 g/mol. The van der Waals surface area contributed by atoms with Crippen molar-refractivity contribution in [3.8, 4) is 11.5 Å². The van der Waals surface area contributed by atoms with E-state index in [1.807, 2.05) is 42.2 Å². The van der Waals surface area contributed by atoms with Crippen LogP contribution in [0.3, 0.4) is 0 Å². The van der Waals surface area contributed by atoms with Crippen LogP contribution in [-0.2, 0) is 17.8 Å². The van der Waals surface area contributed by atoms with Gasteiger partial charge in [-0.2, -0.15) is 0 Å². The van der Waals surface area contributed by atoms with Crippen molar-refractivity contribution in [1.82, 2.24) is 19.4 Å². The average Bonchev–Trinajstić information content (AvgIpc) is 3.31. The predicted octanol–water partition coefficient (Wildman–Crippen LogP) is 5.71. The highest BCUT2D eigenvalue weighted by molar-refractivity contribution is 5.95. The SMILES string of the molecule is Cc1cc(C(C)C)ccc1Oc1cccc(C(=O)N2CCN(Cc3nc4ccc(C(=O)O)cc4n3C[C@@H]3CCO3)CC2)c1. The summed E-state index contributed by atoms with van der Waals surface area (Å²) < 4.78 is 14.0. The Balaban J connectivity index is 1.11. The van der Waals surface area contributed by atoms with E-state index in [9.17, 15) is 14.7 Å². The molecule has 1 amide bonds. The summed E-state index contributed by atoms with van der Waals surface area (Å²) in [5.41, 5.74) is 4.78. The minimum Gasteiger partial charge on any atom is -0.478 e. The van der Waals surface area contributed by atoms with E-state index in [0.29, 0.717) is 56.5 Å². The van der Waals surface area contributed by atoms with Gasteiger partial charge in [0, 0.05) is 38.3 Å². The van der Waals surface area contributed by atoms with Crippen LogP contribution in [0.5, 0.6) is 11.5 Å². The fraction of sp³-hybridized carbons (Fsp3) is 0.382. The Bertz CT molecular complexity index is 1650. The van der Waals surface area contributed by atoms with E-state index < -0.39 is 5.97 Å². The van der Waals surface area contributed by atoms with Crippen LogP contribution in [0.2, 0.25) is 0 Å². The van der Waals surface area contributed by atoms with E-state index in [1.165, 1.54) is 5.56 Å². The van der Waals surface area contributed by atoms with Crippen LogP contribution >= 0.6 is 0 Å². The second-order valence-electron chi connectivity index (χ2n) is 11.8. The first-order valence-electron chi connectivity index (χ1n) is 15.0. The van der Waals surface area contributed by atoms with E-state index >= 15 is 0 Å². The standard InChI is InChI=1S/C34H38N4O5/c1-22(2)24-8-10-31(23(3)17-24)43-27-6-4-5-25(18-27)33(39)37-14-12-36(13-15-37)21-32-35-29-9-7-26(34(40)41)19-30(29)38(32)20-28-11-16-42-28/h4-10,17-19,22,28H,11-16,20-21H2,1-3H3,(H,40,41)/t28-/m0/s1. The maximum absolute atomic E-state index is 13.4. The van der Waals surface area contributed by atoms with Crippen molar-refractivity contribution in [2.24, 2.45) is 0 Å². The molecule has 0 aliphatic carbocycles. The molecule has 9 nitrogen and oxygen atoms in total. The Morgan fingerprint density at radius 2 is 1.81 bits per heavy atom. The fourth-order valence-electron chi connectivity index (χ4n) is 5.72. The lowest BCUT2D eigenvalue weighted by molar-refractivity contribution is -0.0592. The highest BCUT2D eigenvalue weighted by Gasteiger charge is 2.26. The van der Waals surface area contributed by atoms with Gasteiger partial charge < -0.3 is 24.0 Å². The first kappa shape index (κ1) is 28.9. The molecule has 2 aliphatic heterocycles. The number of fused-ring (bicyclic) bond motifs is 1. The lowest BCUT2D eigenvalue weighted by Crippen LogP contribution is -2.48. The number of piperazine rings is 1. The van der Waals surface area contributed by atoms with Crippen molar-refractivity contribution in [2.75, 3.05) is 32.8 Å². The molecule has 2 aliphatic rings. The highest BCUT2D eigenvalue weighted by atomic mass is 16.5. The number of hydrogen-bond donors (Lipinski definition) is 1. The molecule has 1 atom stereocenters. The minimum absolute atomic E-state index is 0.00690. The number of carbonyl (C=O) groups excluding carboxylic acids is 1. The van der Waals surface area contributed by atoms with Crippen molar-refractivity contribution in [3.63, 3.8) is 0 Å². The van der Waals surface area contributed by atoms with E-state index in [-0.39, 0.29) is 17.6 Å². The van der Waals surface area contributed by atoms with E-state index in [0.717, 1.165) is 41.2 Å². The molecule has 0 saturated carbocycles. The molecule has 6 rings (SSSR count). The Morgan fingerprint density at radius 1 is 1.02 bits per heavy atom. The van der Waals surface area contributed by atoms with Crippen molar-refractivity contribution >= 4 is 22.9 Å². The predicted molar refractivity (Wildman–Crippen MR) is 164 cm³/mol. The molecule has 0 spiro atoms. The first-order valence-corrected chi connectivity index (χ1v) is 15.0. The lowest BCUT2D eigenvalue weighted by Gasteiger charge is -2.35. The number of amides is 1. The minimum atomic E-state index is -0.954. The van der Waals surface area contributed by atoms with Crippen LogP contribution in [0, 0.1) is 6.92 Å². The number of carboxylic acid groups (broad SMARTS) is 1. The van der Waals surface area contributed by atoms with E-state index in [1.54, 1.807) is 18.2 Å². The van der Waals surface area contributed by atoms with Crippen molar-refractivity contribution in [3.05, 3.63) is 88.7 Å². The maximum atomic E-state index is 13.4. The summed E-state index contributed by atoms with van der Waals surface area (Å²) in [4.78, 5) is 34.1. The Kier molecular flexibility index (Phi) is 8.19. The largest absolute Gasteiger partial charge is 0.478 e. The lowest BCUT2D eigenvalue weighted by atomic mass is 10.0. The van der Waals surface area contributed by atoms with Gasteiger partial charge in [0.1, 0.15) is 17.3 Å². The van der Waals surface area contributed by atoms with Gasteiger partial charge in [-0.3, -0.25) is 9.69 Å². The quantitative estimate of drug-likeness (QED) is 0.270. The summed E-state index contributed by atoms with van der Waals surface area (Å²) in [7, 11) is 0. The van der Waals surface area contributed by atoms with Gasteiger partial charge in [-0.25, -0.2) is 9.78 Å². The third kappa shape index (κ3) is 6.28. The van der Waals surface area contributed by atoms with Gasteiger partial charge in [0.25, 0.3) is 5.91 Å². The van der Waals surface area contributed by atoms with E-state index in [2.05, 4.69) is 35.4 Å². The number of aromatic nitrogens is 2. The molecule has 0 unspecified atom stereocenters. The molecule has 43 heavy (non-hydrogen) atoms. The third-order valence-corrected chi connectivity index (χ3v) is 8.45. The van der Waals surface area contributed by atoms with Crippen LogP contribution < -0.4 is 4.74 Å². The summed E-state index contributed by atoms with van der Waals surface area (Å²) in [5.74, 6) is 1.80. The second-order valence-corrected chi connectivity index (χ2v) is 11.8. The number of nitrogens with zero attached hydrogens (tertiary/aromatic N) is 4. The normalized spacial score (nSPS) is 17.3. The van der Waals surface area contributed by atoms with Gasteiger partial charge in [0.15, 0.2) is 0 Å². The van der Waals surface area contributed by atoms with Gasteiger partial charge in [-0.1, -0.05) is 32.0 Å². The Labute approximate surface area is 251 Å². The molecule has 1 N–H and O–H groups in total. The van der Waals surface area contributed by atoms with Gasteiger partial charge in [0.05, 0.1) is 35.8 Å². The fourth-order valence-corrected chi connectivity index (χ4v) is 5.72. The maximum Gasteiger partial charge on any atom is 0.335 e. The average molecular weight is 583 g/mol. The number of aryl methyl sites for hydroxylation is 1. The molecule has 1 aromatic heterocycles. The highest BCUT2D eigenvalue weighted by Crippen LogP contribution is 2.29. The molecule has 224 valence electrons. The molecule has 9 heteroatoms. The summed E-state index contributed by atoms with van der Waals surface area (Å²) in [6.45, 7) is 11.0. The molecule has 2 saturated heterocycles. The van der Waals surface area contributed by atoms with Crippen LogP contribution in [0.15, 0.2) is 60.7 Å². The van der Waals surface area contributed by atoms with Crippen molar-refractivity contribution in [2.45, 2.75) is 52.3 Å². The van der Waals surface area contributed by atoms with Gasteiger partial charge in [0.2, 0.25) is 0 Å². The smallest absolute Gasteiger partial charge is 0.335 e. The number of aromatic carboxylic acids is 1. The zero-order chi connectivity index (χ0) is 30.1. The molecule has 3 aromatic carbocycles. The number of imidazole rings is 1. The van der Waals surface area contributed by atoms with Gasteiger partial charge in [-0.15, -0.1) is 0 Å². The third-order valence-electron chi connectivity index (χ3n) is 8.45. The topological polar surface area (TPSA) is 97.1 Å². The summed E-state index contributed by atoms with van der Waals surface area (Å²) in [6, 6.07) is 18.7. The number of benzene rings is 3. The van der Waals surface area contributed by atoms with Gasteiger partial charge in [-0.05, 0) is 72.9 Å². The number of carbonyl (C=O) groups is 2. The molecule has 2 fully saturated rings. The van der Waals surface area contributed by atoms with Crippen LogP contribution in [0.1, 0.15) is 63.9 Å². The number of rotatable bonds is 9. The molecule has 3 heterocycles. The zero-order valence-corrected chi connectivity index (χ0v) is 25.0. The van der Waals surface area contributed by atoms with E-state index in [4.69, 9.17) is 14.5 Å². The number of ether oxygens (including phenoxy) is 2. The molecule has 0 radical (unpaired) electrons. The summed E-state index contributed by atoms with van der Waals surface area (Å²) in [6.07, 6.45) is 1.09. The van der Waals surface area contributed by atoms with Gasteiger partial charge >= 0.3 is 5.97 Å². The van der Waals surface area contributed by atoms with Crippen LogP contribution in [0.25, 0.3) is 11.0 Å². The van der Waals surface area contributed by atoms with Crippen molar-refractivity contribution in [1.29, 1.82) is 0 Å². The Morgan fingerprint density at radius 3 is 2.49 bits per heavy atom. The first-order chi connectivity index (χ1) is 20.7. The van der Waals surface area contributed by atoms with Crippen LogP contribution in [-0.4, -0.2) is 75.2 Å². The molecule has 4 aromatic rings. The Hall–Kier alpha value is -4.21. The van der Waals surface area contributed by atoms with Crippen molar-refractivity contribution < 1.29 is 24.2 Å². The summed E-state index contributed by atoms with van der Waals surface area (Å²) in [5, 5.41) is 9.51. The zero-order valence-electron chi connectivity index (χ0n) is 25.0. The summed E-state index contributed by atoms with van der Waals surface area (Å²) >= 11 is 0. The molecule has 0 bridgehead atoms. The molecular weight excluding hydrogens is 544 g/mol. The second kappa shape index (κ2) is 12.2.